The molecule has 0 unspecified atom stereocenters. The standard InChI is InChI=1S/C13H7ClF2INO/c14-9-5-7(1-4-11(9)17)13(19)18-12-6-8(15)2-3-10(12)16/h1-6H,(H,18,19). The molecule has 0 saturated heterocycles. The van der Waals surface area contributed by atoms with Crippen molar-refractivity contribution >= 4 is 45.8 Å². The van der Waals surface area contributed by atoms with Crippen molar-refractivity contribution in [2.24, 2.45) is 0 Å². The number of amides is 1. The lowest BCUT2D eigenvalue weighted by atomic mass is 10.2. The maximum absolute atomic E-state index is 13.4. The minimum absolute atomic E-state index is 0.209. The van der Waals surface area contributed by atoms with Crippen LogP contribution in [0.25, 0.3) is 0 Å². The van der Waals surface area contributed by atoms with Crippen LogP contribution in [0.1, 0.15) is 10.4 Å². The Hall–Kier alpha value is -1.21. The van der Waals surface area contributed by atoms with Crippen LogP contribution < -0.4 is 5.32 Å². The molecule has 0 aliphatic carbocycles. The second-order valence-corrected chi connectivity index (χ2v) is 5.28. The first kappa shape index (κ1) is 14.2. The van der Waals surface area contributed by atoms with Gasteiger partial charge in [-0.15, -0.1) is 0 Å². The zero-order chi connectivity index (χ0) is 14.0. The molecule has 1 N–H and O–H groups in total. The van der Waals surface area contributed by atoms with Crippen molar-refractivity contribution < 1.29 is 13.6 Å². The third-order valence-electron chi connectivity index (χ3n) is 2.36. The molecule has 0 spiro atoms. The summed E-state index contributed by atoms with van der Waals surface area (Å²) in [6.45, 7) is 0. The third kappa shape index (κ3) is 3.42. The number of hydrogen-bond acceptors (Lipinski definition) is 1. The van der Waals surface area contributed by atoms with Gasteiger partial charge in [-0.3, -0.25) is 4.79 Å². The Bertz CT molecular complexity index is 649. The van der Waals surface area contributed by atoms with E-state index in [2.05, 4.69) is 5.32 Å². The second-order valence-electron chi connectivity index (χ2n) is 3.71. The molecule has 2 aromatic carbocycles. The summed E-state index contributed by atoms with van der Waals surface area (Å²) in [5.41, 5.74) is 0.0637. The van der Waals surface area contributed by atoms with Gasteiger partial charge < -0.3 is 5.32 Å². The molecule has 1 amide bonds. The molecule has 0 aliphatic heterocycles. The molecule has 0 fully saturated rings. The van der Waals surface area contributed by atoms with Gasteiger partial charge >= 0.3 is 0 Å². The van der Waals surface area contributed by atoms with E-state index in [1.54, 1.807) is 12.1 Å². The van der Waals surface area contributed by atoms with Gasteiger partial charge in [0.05, 0.1) is 10.7 Å². The summed E-state index contributed by atoms with van der Waals surface area (Å²) >= 11 is 7.92. The van der Waals surface area contributed by atoms with Crippen LogP contribution in [0.2, 0.25) is 5.02 Å². The number of halogens is 4. The number of carbonyl (C=O) groups excluding carboxylic acids is 1. The van der Waals surface area contributed by atoms with Crippen molar-refractivity contribution in [2.45, 2.75) is 0 Å². The monoisotopic (exact) mass is 393 g/mol. The van der Waals surface area contributed by atoms with Crippen molar-refractivity contribution in [3.05, 3.63) is 62.2 Å². The lowest BCUT2D eigenvalue weighted by molar-refractivity contribution is 0.102. The van der Waals surface area contributed by atoms with E-state index in [1.165, 1.54) is 6.07 Å². The van der Waals surface area contributed by atoms with Gasteiger partial charge in [0, 0.05) is 15.2 Å². The zero-order valence-corrected chi connectivity index (χ0v) is 12.3. The van der Waals surface area contributed by atoms with Crippen LogP contribution in [-0.4, -0.2) is 5.91 Å². The molecule has 19 heavy (non-hydrogen) atoms. The first-order valence-corrected chi connectivity index (χ1v) is 6.64. The van der Waals surface area contributed by atoms with Crippen LogP contribution in [0.5, 0.6) is 0 Å². The highest BCUT2D eigenvalue weighted by Gasteiger charge is 2.11. The Kier molecular flexibility index (Phi) is 4.36. The number of rotatable bonds is 2. The van der Waals surface area contributed by atoms with E-state index in [-0.39, 0.29) is 11.3 Å². The van der Waals surface area contributed by atoms with E-state index in [1.807, 2.05) is 22.6 Å². The number of anilines is 1. The molecular weight excluding hydrogens is 387 g/mol. The van der Waals surface area contributed by atoms with Gasteiger partial charge in [0.25, 0.3) is 5.91 Å². The third-order valence-corrected chi connectivity index (χ3v) is 3.93. The SMILES string of the molecule is O=C(Nc1cc(F)ccc1F)c1ccc(I)c(Cl)c1. The van der Waals surface area contributed by atoms with E-state index < -0.39 is 17.5 Å². The summed E-state index contributed by atoms with van der Waals surface area (Å²) in [6.07, 6.45) is 0. The molecule has 0 heterocycles. The molecule has 0 saturated carbocycles. The minimum atomic E-state index is -0.702. The maximum Gasteiger partial charge on any atom is 0.255 e. The average molecular weight is 394 g/mol. The quantitative estimate of drug-likeness (QED) is 0.749. The van der Waals surface area contributed by atoms with E-state index in [0.717, 1.165) is 21.8 Å². The average Bonchev–Trinajstić information content (AvgIpc) is 2.37. The molecular formula is C13H7ClF2INO. The Balaban J connectivity index is 2.25. The van der Waals surface area contributed by atoms with E-state index >= 15 is 0 Å². The van der Waals surface area contributed by atoms with Crippen molar-refractivity contribution in [1.82, 2.24) is 0 Å². The van der Waals surface area contributed by atoms with Crippen molar-refractivity contribution in [1.29, 1.82) is 0 Å². The molecule has 2 aromatic rings. The highest BCUT2D eigenvalue weighted by atomic mass is 127. The van der Waals surface area contributed by atoms with Crippen LogP contribution in [0.4, 0.5) is 14.5 Å². The molecule has 0 radical (unpaired) electrons. The van der Waals surface area contributed by atoms with E-state index in [0.29, 0.717) is 5.02 Å². The zero-order valence-electron chi connectivity index (χ0n) is 9.38. The number of carbonyl (C=O) groups is 1. The predicted molar refractivity (Wildman–Crippen MR) is 78.5 cm³/mol. The maximum atomic E-state index is 13.4. The van der Waals surface area contributed by atoms with Gasteiger partial charge in [0.15, 0.2) is 0 Å². The Morgan fingerprint density at radius 3 is 2.58 bits per heavy atom. The van der Waals surface area contributed by atoms with E-state index in [4.69, 9.17) is 11.6 Å². The fourth-order valence-electron chi connectivity index (χ4n) is 1.43. The van der Waals surface area contributed by atoms with Crippen LogP contribution in [0.15, 0.2) is 36.4 Å². The molecule has 6 heteroatoms. The van der Waals surface area contributed by atoms with Crippen LogP contribution in [0, 0.1) is 15.2 Å². The van der Waals surface area contributed by atoms with Crippen LogP contribution in [0.3, 0.4) is 0 Å². The summed E-state index contributed by atoms with van der Waals surface area (Å²) in [4.78, 5) is 11.9. The molecule has 98 valence electrons. The minimum Gasteiger partial charge on any atom is -0.319 e. The Morgan fingerprint density at radius 1 is 1.16 bits per heavy atom. The fourth-order valence-corrected chi connectivity index (χ4v) is 1.94. The number of nitrogens with one attached hydrogen (secondary N) is 1. The van der Waals surface area contributed by atoms with Gasteiger partial charge in [-0.1, -0.05) is 11.6 Å². The molecule has 0 atom stereocenters. The molecule has 0 aromatic heterocycles. The van der Waals surface area contributed by atoms with Crippen molar-refractivity contribution in [3.63, 3.8) is 0 Å². The normalized spacial score (nSPS) is 10.3. The van der Waals surface area contributed by atoms with Crippen LogP contribution >= 0.6 is 34.2 Å². The van der Waals surface area contributed by atoms with Crippen molar-refractivity contribution in [3.8, 4) is 0 Å². The summed E-state index contributed by atoms with van der Waals surface area (Å²) in [5, 5.41) is 2.72. The summed E-state index contributed by atoms with van der Waals surface area (Å²) in [6, 6.07) is 7.54. The fraction of sp³-hybridized carbons (Fsp3) is 0. The highest BCUT2D eigenvalue weighted by Crippen LogP contribution is 2.21. The summed E-state index contributed by atoms with van der Waals surface area (Å²) < 4.78 is 27.2. The number of benzene rings is 2. The van der Waals surface area contributed by atoms with Gasteiger partial charge in [0.2, 0.25) is 0 Å². The van der Waals surface area contributed by atoms with Crippen LogP contribution in [-0.2, 0) is 0 Å². The predicted octanol–water partition coefficient (Wildman–Crippen LogP) is 4.48. The molecule has 0 bridgehead atoms. The summed E-state index contributed by atoms with van der Waals surface area (Å²) in [5.74, 6) is -1.88. The smallest absolute Gasteiger partial charge is 0.255 e. The second kappa shape index (κ2) is 5.83. The highest BCUT2D eigenvalue weighted by molar-refractivity contribution is 14.1. The molecule has 2 rings (SSSR count). The first-order valence-electron chi connectivity index (χ1n) is 5.19. The van der Waals surface area contributed by atoms with Gasteiger partial charge in [0.1, 0.15) is 11.6 Å². The lowest BCUT2D eigenvalue weighted by Crippen LogP contribution is -2.13. The van der Waals surface area contributed by atoms with Gasteiger partial charge in [-0.05, 0) is 52.9 Å². The largest absolute Gasteiger partial charge is 0.319 e. The Labute approximate surface area is 126 Å². The topological polar surface area (TPSA) is 29.1 Å². The van der Waals surface area contributed by atoms with Gasteiger partial charge in [-0.2, -0.15) is 0 Å². The van der Waals surface area contributed by atoms with Crippen molar-refractivity contribution in [2.75, 3.05) is 5.32 Å². The molecule has 0 aliphatic rings. The first-order chi connectivity index (χ1) is 8.97. The summed E-state index contributed by atoms with van der Waals surface area (Å²) in [7, 11) is 0. The van der Waals surface area contributed by atoms with E-state index in [9.17, 15) is 13.6 Å². The number of hydrogen-bond donors (Lipinski definition) is 1. The Morgan fingerprint density at radius 2 is 1.89 bits per heavy atom. The lowest BCUT2D eigenvalue weighted by Gasteiger charge is -2.07. The van der Waals surface area contributed by atoms with Gasteiger partial charge in [-0.25, -0.2) is 8.78 Å². The molecule has 2 nitrogen and oxygen atoms in total.